The molecule has 0 bridgehead atoms. The van der Waals surface area contributed by atoms with Crippen LogP contribution in [0.3, 0.4) is 0 Å². The quantitative estimate of drug-likeness (QED) is 0.343. The van der Waals surface area contributed by atoms with Crippen molar-refractivity contribution in [1.29, 1.82) is 0 Å². The summed E-state index contributed by atoms with van der Waals surface area (Å²) in [4.78, 5) is 23.8. The highest BCUT2D eigenvalue weighted by atomic mass is 79.9. The van der Waals surface area contributed by atoms with Crippen molar-refractivity contribution in [1.82, 2.24) is 4.72 Å². The van der Waals surface area contributed by atoms with Crippen molar-refractivity contribution in [3.8, 4) is 0 Å². The van der Waals surface area contributed by atoms with Crippen molar-refractivity contribution < 1.29 is 18.1 Å². The Kier molecular flexibility index (Phi) is 7.39. The van der Waals surface area contributed by atoms with Gasteiger partial charge in [-0.3, -0.25) is 14.9 Å². The lowest BCUT2D eigenvalue weighted by Crippen LogP contribution is -2.45. The van der Waals surface area contributed by atoms with E-state index in [-0.39, 0.29) is 28.3 Å². The molecule has 0 saturated heterocycles. The number of anilines is 1. The van der Waals surface area contributed by atoms with E-state index >= 15 is 0 Å². The SMILES string of the molecule is Cc1c(NC(=O)[C@@H](Cc2ccccc2)NS(=O)(=O)c2ccc(Br)cc2)cccc1[N+](=O)[O-]. The Bertz CT molecular complexity index is 1230. The van der Waals surface area contributed by atoms with Crippen LogP contribution in [-0.4, -0.2) is 25.3 Å². The van der Waals surface area contributed by atoms with Crippen molar-refractivity contribution in [2.24, 2.45) is 0 Å². The fraction of sp³-hybridized carbons (Fsp3) is 0.136. The van der Waals surface area contributed by atoms with Crippen molar-refractivity contribution in [2.45, 2.75) is 24.3 Å². The van der Waals surface area contributed by atoms with E-state index in [2.05, 4.69) is 26.0 Å². The summed E-state index contributed by atoms with van der Waals surface area (Å²) in [5.74, 6) is -0.627. The predicted octanol–water partition coefficient (Wildman–Crippen LogP) is 4.19. The van der Waals surface area contributed by atoms with E-state index in [0.717, 1.165) is 10.0 Å². The molecule has 1 amide bonds. The number of nitrogens with zero attached hydrogens (tertiary/aromatic N) is 1. The maximum Gasteiger partial charge on any atom is 0.274 e. The van der Waals surface area contributed by atoms with E-state index in [0.29, 0.717) is 0 Å². The number of rotatable bonds is 8. The van der Waals surface area contributed by atoms with Crippen molar-refractivity contribution >= 4 is 43.2 Å². The van der Waals surface area contributed by atoms with Crippen LogP contribution in [0.4, 0.5) is 11.4 Å². The predicted molar refractivity (Wildman–Crippen MR) is 125 cm³/mol. The number of amides is 1. The van der Waals surface area contributed by atoms with Crippen LogP contribution < -0.4 is 10.0 Å². The van der Waals surface area contributed by atoms with Gasteiger partial charge in [-0.25, -0.2) is 8.42 Å². The van der Waals surface area contributed by atoms with Gasteiger partial charge >= 0.3 is 0 Å². The van der Waals surface area contributed by atoms with Crippen molar-refractivity contribution in [3.63, 3.8) is 0 Å². The molecule has 3 rings (SSSR count). The lowest BCUT2D eigenvalue weighted by atomic mass is 10.1. The molecule has 0 fully saturated rings. The second-order valence-electron chi connectivity index (χ2n) is 7.01. The van der Waals surface area contributed by atoms with Crippen molar-refractivity contribution in [3.05, 3.63) is 98.5 Å². The molecule has 0 heterocycles. The number of halogens is 1. The second-order valence-corrected chi connectivity index (χ2v) is 9.64. The first kappa shape index (κ1) is 23.6. The van der Waals surface area contributed by atoms with Gasteiger partial charge in [-0.15, -0.1) is 0 Å². The highest BCUT2D eigenvalue weighted by Crippen LogP contribution is 2.25. The van der Waals surface area contributed by atoms with Gasteiger partial charge in [0, 0.05) is 10.5 Å². The molecule has 3 aromatic carbocycles. The molecule has 0 aliphatic heterocycles. The summed E-state index contributed by atoms with van der Waals surface area (Å²) in [5.41, 5.74) is 1.13. The van der Waals surface area contributed by atoms with Crippen LogP contribution in [0.15, 0.2) is 82.2 Å². The van der Waals surface area contributed by atoms with Crippen molar-refractivity contribution in [2.75, 3.05) is 5.32 Å². The zero-order valence-electron chi connectivity index (χ0n) is 17.0. The fourth-order valence-corrected chi connectivity index (χ4v) is 4.54. The van der Waals surface area contributed by atoms with Crippen LogP contribution >= 0.6 is 15.9 Å². The minimum absolute atomic E-state index is 0.0121. The second kappa shape index (κ2) is 10.0. The summed E-state index contributed by atoms with van der Waals surface area (Å²) >= 11 is 3.26. The third-order valence-electron chi connectivity index (χ3n) is 4.78. The topological polar surface area (TPSA) is 118 Å². The summed E-state index contributed by atoms with van der Waals surface area (Å²) < 4.78 is 29.0. The van der Waals surface area contributed by atoms with Gasteiger partial charge in [0.1, 0.15) is 6.04 Å². The lowest BCUT2D eigenvalue weighted by molar-refractivity contribution is -0.385. The largest absolute Gasteiger partial charge is 0.324 e. The number of nitro groups is 1. The molecule has 3 aromatic rings. The molecule has 0 aliphatic rings. The Labute approximate surface area is 194 Å². The van der Waals surface area contributed by atoms with Gasteiger partial charge < -0.3 is 5.32 Å². The minimum atomic E-state index is -4.01. The molecule has 0 spiro atoms. The van der Waals surface area contributed by atoms with Gasteiger partial charge in [-0.05, 0) is 49.2 Å². The van der Waals surface area contributed by atoms with E-state index in [4.69, 9.17) is 0 Å². The number of carbonyl (C=O) groups excluding carboxylic acids is 1. The van der Waals surface area contributed by atoms with Gasteiger partial charge in [-0.2, -0.15) is 4.72 Å². The first-order valence-electron chi connectivity index (χ1n) is 9.54. The van der Waals surface area contributed by atoms with E-state index in [1.165, 1.54) is 37.3 Å². The lowest BCUT2D eigenvalue weighted by Gasteiger charge is -2.19. The molecule has 32 heavy (non-hydrogen) atoms. The Balaban J connectivity index is 1.90. The molecule has 0 radical (unpaired) electrons. The third-order valence-corrected chi connectivity index (χ3v) is 6.80. The Hall–Kier alpha value is -3.08. The summed E-state index contributed by atoms with van der Waals surface area (Å²) in [6, 6.07) is 18.2. The molecule has 0 unspecified atom stereocenters. The molecule has 0 saturated carbocycles. The number of sulfonamides is 1. The number of benzene rings is 3. The van der Waals surface area contributed by atoms with Gasteiger partial charge in [0.15, 0.2) is 0 Å². The Morgan fingerprint density at radius 2 is 1.69 bits per heavy atom. The summed E-state index contributed by atoms with van der Waals surface area (Å²) in [6.07, 6.45) is 0.0937. The van der Waals surface area contributed by atoms with Crippen LogP contribution in [-0.2, 0) is 21.2 Å². The Morgan fingerprint density at radius 1 is 1.03 bits per heavy atom. The van der Waals surface area contributed by atoms with Crippen LogP contribution in [0, 0.1) is 17.0 Å². The van der Waals surface area contributed by atoms with Gasteiger partial charge in [-0.1, -0.05) is 52.3 Å². The summed E-state index contributed by atoms with van der Waals surface area (Å²) in [5, 5.41) is 13.8. The number of hydrogen-bond donors (Lipinski definition) is 2. The summed E-state index contributed by atoms with van der Waals surface area (Å²) in [7, 11) is -4.01. The monoisotopic (exact) mass is 517 g/mol. The standard InChI is InChI=1S/C22H20BrN3O5S/c1-15-19(8-5-9-21(15)26(28)29)24-22(27)20(14-16-6-3-2-4-7-16)25-32(30,31)18-12-10-17(23)11-13-18/h2-13,20,25H,14H2,1H3,(H,24,27)/t20-/m1/s1. The first-order valence-corrected chi connectivity index (χ1v) is 11.8. The number of nitrogens with one attached hydrogen (secondary N) is 2. The molecule has 10 heteroatoms. The van der Waals surface area contributed by atoms with E-state index in [1.54, 1.807) is 36.4 Å². The zero-order valence-corrected chi connectivity index (χ0v) is 19.4. The third kappa shape index (κ3) is 5.78. The van der Waals surface area contributed by atoms with Gasteiger partial charge in [0.05, 0.1) is 21.1 Å². The highest BCUT2D eigenvalue weighted by molar-refractivity contribution is 9.10. The molecule has 0 aromatic heterocycles. The minimum Gasteiger partial charge on any atom is -0.324 e. The zero-order chi connectivity index (χ0) is 23.3. The van der Waals surface area contributed by atoms with Crippen LogP contribution in [0.5, 0.6) is 0 Å². The maximum absolute atomic E-state index is 13.1. The molecule has 166 valence electrons. The number of carbonyl (C=O) groups is 1. The van der Waals surface area contributed by atoms with E-state index in [1.807, 2.05) is 6.07 Å². The molecule has 2 N–H and O–H groups in total. The molecule has 1 atom stereocenters. The van der Waals surface area contributed by atoms with Gasteiger partial charge in [0.2, 0.25) is 15.9 Å². The Morgan fingerprint density at radius 3 is 2.31 bits per heavy atom. The normalized spacial score (nSPS) is 12.2. The van der Waals surface area contributed by atoms with Crippen LogP contribution in [0.1, 0.15) is 11.1 Å². The van der Waals surface area contributed by atoms with Crippen LogP contribution in [0.2, 0.25) is 0 Å². The molecular weight excluding hydrogens is 498 g/mol. The fourth-order valence-electron chi connectivity index (χ4n) is 3.08. The average molecular weight is 518 g/mol. The number of nitro benzene ring substituents is 1. The van der Waals surface area contributed by atoms with Crippen LogP contribution in [0.25, 0.3) is 0 Å². The molecular formula is C22H20BrN3O5S. The molecule has 0 aliphatic carbocycles. The number of hydrogen-bond acceptors (Lipinski definition) is 5. The maximum atomic E-state index is 13.1. The average Bonchev–Trinajstić information content (AvgIpc) is 2.75. The molecule has 8 nitrogen and oxygen atoms in total. The van der Waals surface area contributed by atoms with E-state index < -0.39 is 26.9 Å². The smallest absolute Gasteiger partial charge is 0.274 e. The summed E-state index contributed by atoms with van der Waals surface area (Å²) in [6.45, 7) is 1.52. The van der Waals surface area contributed by atoms with Gasteiger partial charge in [0.25, 0.3) is 5.69 Å². The highest BCUT2D eigenvalue weighted by Gasteiger charge is 2.27. The first-order chi connectivity index (χ1) is 15.2. The van der Waals surface area contributed by atoms with E-state index in [9.17, 15) is 23.3 Å².